The maximum absolute atomic E-state index is 12.9. The van der Waals surface area contributed by atoms with Crippen LogP contribution in [-0.4, -0.2) is 37.2 Å². The van der Waals surface area contributed by atoms with Gasteiger partial charge in [-0.1, -0.05) is 344 Å². The van der Waals surface area contributed by atoms with Gasteiger partial charge in [0.2, 0.25) is 0 Å². The largest absolute Gasteiger partial charge is 0.462 e. The van der Waals surface area contributed by atoms with Gasteiger partial charge in [-0.2, -0.15) is 0 Å². The molecule has 0 aromatic rings. The zero-order valence-corrected chi connectivity index (χ0v) is 55.5. The Bertz CT molecular complexity index is 1520. The molecule has 0 radical (unpaired) electrons. The van der Waals surface area contributed by atoms with E-state index in [4.69, 9.17) is 14.2 Å². The molecule has 0 aliphatic carbocycles. The molecule has 0 aromatic heterocycles. The first-order valence-electron chi connectivity index (χ1n) is 36.4. The molecule has 6 heteroatoms. The van der Waals surface area contributed by atoms with Crippen molar-refractivity contribution in [3.63, 3.8) is 0 Å². The Balaban J connectivity index is 4.15. The molecule has 6 nitrogen and oxygen atoms in total. The minimum Gasteiger partial charge on any atom is -0.462 e. The van der Waals surface area contributed by atoms with Gasteiger partial charge >= 0.3 is 17.9 Å². The lowest BCUT2D eigenvalue weighted by Gasteiger charge is -2.18. The Kier molecular flexibility index (Phi) is 68.6. The van der Waals surface area contributed by atoms with Crippen LogP contribution in [0.2, 0.25) is 0 Å². The summed E-state index contributed by atoms with van der Waals surface area (Å²) in [6, 6.07) is 0. The molecule has 0 rings (SSSR count). The summed E-state index contributed by atoms with van der Waals surface area (Å²) in [5.41, 5.74) is 0. The maximum Gasteiger partial charge on any atom is 0.306 e. The van der Waals surface area contributed by atoms with Gasteiger partial charge in [-0.05, 0) is 89.9 Å². The van der Waals surface area contributed by atoms with Gasteiger partial charge in [0.1, 0.15) is 13.2 Å². The molecule has 482 valence electrons. The molecule has 0 aromatic carbocycles. The van der Waals surface area contributed by atoms with Crippen molar-refractivity contribution in [1.82, 2.24) is 0 Å². The Morgan fingerprint density at radius 3 is 0.735 bits per heavy atom. The fraction of sp³-hybridized carbons (Fsp3) is 0.805. The zero-order chi connectivity index (χ0) is 59.9. The van der Waals surface area contributed by atoms with Crippen LogP contribution in [-0.2, 0) is 28.6 Å². The van der Waals surface area contributed by atoms with E-state index in [0.29, 0.717) is 19.3 Å². The summed E-state index contributed by atoms with van der Waals surface area (Å²) < 4.78 is 17.0. The van der Waals surface area contributed by atoms with E-state index in [1.165, 1.54) is 250 Å². The second-order valence-electron chi connectivity index (χ2n) is 24.5. The number of allylic oxidation sites excluding steroid dienone is 12. The van der Waals surface area contributed by atoms with Gasteiger partial charge in [0.25, 0.3) is 0 Å². The molecule has 0 saturated carbocycles. The first-order valence-corrected chi connectivity index (χ1v) is 36.4. The lowest BCUT2D eigenvalue weighted by Crippen LogP contribution is -2.30. The molecule has 1 unspecified atom stereocenters. The second kappa shape index (κ2) is 71.3. The van der Waals surface area contributed by atoms with Crippen LogP contribution in [0.15, 0.2) is 72.9 Å². The number of unbranched alkanes of at least 4 members (excludes halogenated alkanes) is 44. The summed E-state index contributed by atoms with van der Waals surface area (Å²) in [6.07, 6.45) is 93.7. The summed E-state index contributed by atoms with van der Waals surface area (Å²) in [5.74, 6) is -0.848. The van der Waals surface area contributed by atoms with E-state index in [9.17, 15) is 14.4 Å². The van der Waals surface area contributed by atoms with Crippen molar-refractivity contribution in [1.29, 1.82) is 0 Å². The normalized spacial score (nSPS) is 12.5. The highest BCUT2D eigenvalue weighted by atomic mass is 16.6. The van der Waals surface area contributed by atoms with E-state index < -0.39 is 6.10 Å². The third-order valence-electron chi connectivity index (χ3n) is 16.2. The van der Waals surface area contributed by atoms with Crippen LogP contribution >= 0.6 is 0 Å². The zero-order valence-electron chi connectivity index (χ0n) is 55.5. The van der Waals surface area contributed by atoms with Crippen molar-refractivity contribution in [2.24, 2.45) is 0 Å². The molecule has 0 aliphatic heterocycles. The number of rotatable bonds is 67. The number of carbonyl (C=O) groups excluding carboxylic acids is 3. The molecule has 0 spiro atoms. The predicted molar refractivity (Wildman–Crippen MR) is 362 cm³/mol. The molecule has 0 heterocycles. The molecular formula is C77H138O6. The fourth-order valence-corrected chi connectivity index (χ4v) is 10.8. The average molecular weight is 1160 g/mol. The standard InChI is InChI=1S/C77H138O6/c1-4-7-10-13-16-19-22-24-26-28-30-32-34-35-36-37-38-39-40-41-43-44-46-48-50-52-55-58-61-64-67-70-76(79)82-73-74(72-81-75(78)69-66-63-60-57-54-21-18-15-12-9-6-3)83-77(80)71-68-65-62-59-56-53-51-49-47-45-42-33-31-29-27-25-23-20-17-14-11-8-5-2/h7,10,16,19,23-26,29-32,74H,4-6,8-9,11-15,17-18,20-22,27-28,33-73H2,1-3H3/b10-7-,19-16-,25-23-,26-24-,31-29-,32-30-. The molecule has 83 heavy (non-hydrogen) atoms. The second-order valence-corrected chi connectivity index (χ2v) is 24.5. The highest BCUT2D eigenvalue weighted by molar-refractivity contribution is 5.71. The van der Waals surface area contributed by atoms with Crippen LogP contribution < -0.4 is 0 Å². The smallest absolute Gasteiger partial charge is 0.306 e. The molecular weight excluding hydrogens is 1020 g/mol. The first-order chi connectivity index (χ1) is 41.0. The van der Waals surface area contributed by atoms with Gasteiger partial charge in [-0.15, -0.1) is 0 Å². The predicted octanol–water partition coefficient (Wildman–Crippen LogP) is 25.2. The van der Waals surface area contributed by atoms with Crippen LogP contribution in [0.3, 0.4) is 0 Å². The molecule has 0 bridgehead atoms. The number of hydrogen-bond donors (Lipinski definition) is 0. The van der Waals surface area contributed by atoms with E-state index in [1.54, 1.807) is 0 Å². The van der Waals surface area contributed by atoms with Crippen LogP contribution in [0.5, 0.6) is 0 Å². The number of carbonyl (C=O) groups is 3. The molecule has 1 atom stereocenters. The quantitative estimate of drug-likeness (QED) is 0.0261. The van der Waals surface area contributed by atoms with E-state index in [2.05, 4.69) is 93.7 Å². The average Bonchev–Trinajstić information content (AvgIpc) is 3.48. The van der Waals surface area contributed by atoms with Crippen molar-refractivity contribution < 1.29 is 28.6 Å². The number of hydrogen-bond acceptors (Lipinski definition) is 6. The van der Waals surface area contributed by atoms with E-state index >= 15 is 0 Å². The summed E-state index contributed by atoms with van der Waals surface area (Å²) in [5, 5.41) is 0. The fourth-order valence-electron chi connectivity index (χ4n) is 10.8. The van der Waals surface area contributed by atoms with Gasteiger partial charge < -0.3 is 14.2 Å². The molecule has 0 N–H and O–H groups in total. The Hall–Kier alpha value is -3.15. The van der Waals surface area contributed by atoms with Crippen LogP contribution in [0.1, 0.15) is 380 Å². The molecule has 0 aliphatic rings. The summed E-state index contributed by atoms with van der Waals surface area (Å²) in [4.78, 5) is 38.4. The van der Waals surface area contributed by atoms with Crippen LogP contribution in [0, 0.1) is 0 Å². The van der Waals surface area contributed by atoms with Crippen molar-refractivity contribution in [2.75, 3.05) is 13.2 Å². The van der Waals surface area contributed by atoms with Crippen molar-refractivity contribution in [3.05, 3.63) is 72.9 Å². The summed E-state index contributed by atoms with van der Waals surface area (Å²) in [7, 11) is 0. The van der Waals surface area contributed by atoms with Crippen molar-refractivity contribution in [2.45, 2.75) is 386 Å². The third-order valence-corrected chi connectivity index (χ3v) is 16.2. The lowest BCUT2D eigenvalue weighted by molar-refractivity contribution is -0.167. The van der Waals surface area contributed by atoms with Gasteiger partial charge in [-0.3, -0.25) is 14.4 Å². The third kappa shape index (κ3) is 69.5. The van der Waals surface area contributed by atoms with Gasteiger partial charge in [0.05, 0.1) is 0 Å². The minimum atomic E-state index is -0.774. The topological polar surface area (TPSA) is 78.9 Å². The van der Waals surface area contributed by atoms with Gasteiger partial charge in [0, 0.05) is 19.3 Å². The molecule has 0 amide bonds. The van der Waals surface area contributed by atoms with Gasteiger partial charge in [0.15, 0.2) is 6.10 Å². The molecule has 0 saturated heterocycles. The first kappa shape index (κ1) is 79.8. The lowest BCUT2D eigenvalue weighted by atomic mass is 10.0. The number of esters is 3. The highest BCUT2D eigenvalue weighted by Gasteiger charge is 2.19. The van der Waals surface area contributed by atoms with E-state index in [1.807, 2.05) is 0 Å². The van der Waals surface area contributed by atoms with E-state index in [-0.39, 0.29) is 31.1 Å². The molecule has 0 fully saturated rings. The summed E-state index contributed by atoms with van der Waals surface area (Å²) in [6.45, 7) is 6.57. The SMILES string of the molecule is CC/C=C\C/C=C\C/C=C\C/C=C\CCCCCCCCCCCCCCCCCCCCC(=O)OCC(COC(=O)CCCCCCCCCCCCC)OC(=O)CCCCCCCCCCCCC/C=C\C/C=C\CCCCCCC. The monoisotopic (exact) mass is 1160 g/mol. The van der Waals surface area contributed by atoms with Crippen molar-refractivity contribution in [3.8, 4) is 0 Å². The highest BCUT2D eigenvalue weighted by Crippen LogP contribution is 2.18. The Labute approximate surface area is 516 Å². The Morgan fingerprint density at radius 1 is 0.253 bits per heavy atom. The van der Waals surface area contributed by atoms with Crippen LogP contribution in [0.4, 0.5) is 0 Å². The summed E-state index contributed by atoms with van der Waals surface area (Å²) >= 11 is 0. The van der Waals surface area contributed by atoms with Crippen LogP contribution in [0.25, 0.3) is 0 Å². The van der Waals surface area contributed by atoms with Crippen molar-refractivity contribution >= 4 is 17.9 Å². The number of ether oxygens (including phenoxy) is 3. The Morgan fingerprint density at radius 2 is 0.470 bits per heavy atom. The van der Waals surface area contributed by atoms with Gasteiger partial charge in [-0.25, -0.2) is 0 Å². The van der Waals surface area contributed by atoms with E-state index in [0.717, 1.165) is 89.9 Å². The minimum absolute atomic E-state index is 0.0700. The maximum atomic E-state index is 12.9.